The standard InChI is InChI=1S/C20H25N5O/c1-15-16-7-2-3-8-17(16)23-20(22-15)25-12-6-11-24(13-14-25)19(26)18-9-4-5-10-21-18/h4-5,9-10H,2-3,6-8,11-14H2,1H3. The fourth-order valence-electron chi connectivity index (χ4n) is 3.88. The Kier molecular flexibility index (Phi) is 4.82. The highest BCUT2D eigenvalue weighted by molar-refractivity contribution is 5.92. The van der Waals surface area contributed by atoms with E-state index in [1.165, 1.54) is 24.1 Å². The van der Waals surface area contributed by atoms with Crippen LogP contribution in [0.3, 0.4) is 0 Å². The predicted octanol–water partition coefficient (Wildman–Crippen LogP) is 2.41. The summed E-state index contributed by atoms with van der Waals surface area (Å²) in [5.74, 6) is 0.838. The third-order valence-corrected chi connectivity index (χ3v) is 5.33. The number of hydrogen-bond acceptors (Lipinski definition) is 5. The second-order valence-corrected chi connectivity index (χ2v) is 7.09. The molecule has 1 amide bonds. The number of anilines is 1. The second-order valence-electron chi connectivity index (χ2n) is 7.09. The number of pyridine rings is 1. The van der Waals surface area contributed by atoms with Gasteiger partial charge < -0.3 is 9.80 Å². The van der Waals surface area contributed by atoms with E-state index in [9.17, 15) is 4.79 Å². The van der Waals surface area contributed by atoms with Gasteiger partial charge in [0.1, 0.15) is 5.69 Å². The maximum absolute atomic E-state index is 12.7. The van der Waals surface area contributed by atoms with Crippen LogP contribution in [0.15, 0.2) is 24.4 Å². The Morgan fingerprint density at radius 3 is 2.73 bits per heavy atom. The van der Waals surface area contributed by atoms with E-state index in [-0.39, 0.29) is 5.91 Å². The molecule has 0 bridgehead atoms. The van der Waals surface area contributed by atoms with Gasteiger partial charge in [0.05, 0.1) is 0 Å². The van der Waals surface area contributed by atoms with Crippen LogP contribution in [0.2, 0.25) is 0 Å². The van der Waals surface area contributed by atoms with Crippen molar-refractivity contribution in [3.8, 4) is 0 Å². The van der Waals surface area contributed by atoms with E-state index < -0.39 is 0 Å². The minimum atomic E-state index is 0.00925. The van der Waals surface area contributed by atoms with Gasteiger partial charge in [0.15, 0.2) is 0 Å². The van der Waals surface area contributed by atoms with Crippen molar-refractivity contribution in [1.82, 2.24) is 19.9 Å². The Bertz CT molecular complexity index is 792. The van der Waals surface area contributed by atoms with Crippen LogP contribution in [-0.2, 0) is 12.8 Å². The van der Waals surface area contributed by atoms with Crippen molar-refractivity contribution in [2.45, 2.75) is 39.0 Å². The molecule has 0 spiro atoms. The third kappa shape index (κ3) is 3.41. The normalized spacial score (nSPS) is 17.6. The highest BCUT2D eigenvalue weighted by Gasteiger charge is 2.23. The fraction of sp³-hybridized carbons (Fsp3) is 0.500. The number of amides is 1. The van der Waals surface area contributed by atoms with Gasteiger partial charge in [-0.25, -0.2) is 9.97 Å². The van der Waals surface area contributed by atoms with E-state index in [1.54, 1.807) is 12.3 Å². The first kappa shape index (κ1) is 16.9. The number of hydrogen-bond donors (Lipinski definition) is 0. The summed E-state index contributed by atoms with van der Waals surface area (Å²) in [6.07, 6.45) is 7.21. The molecule has 1 fully saturated rings. The van der Waals surface area contributed by atoms with E-state index in [4.69, 9.17) is 9.97 Å². The van der Waals surface area contributed by atoms with E-state index >= 15 is 0 Å². The molecule has 1 aliphatic heterocycles. The van der Waals surface area contributed by atoms with Crippen LogP contribution in [0.4, 0.5) is 5.95 Å². The second kappa shape index (κ2) is 7.40. The van der Waals surface area contributed by atoms with Crippen LogP contribution >= 0.6 is 0 Å². The zero-order valence-electron chi connectivity index (χ0n) is 15.3. The van der Waals surface area contributed by atoms with Crippen LogP contribution in [0.25, 0.3) is 0 Å². The molecule has 0 N–H and O–H groups in total. The number of rotatable bonds is 2. The zero-order chi connectivity index (χ0) is 17.9. The molecular formula is C20H25N5O. The van der Waals surface area contributed by atoms with Crippen LogP contribution in [0.5, 0.6) is 0 Å². The molecule has 6 heteroatoms. The van der Waals surface area contributed by atoms with Crippen molar-refractivity contribution >= 4 is 11.9 Å². The lowest BCUT2D eigenvalue weighted by Gasteiger charge is -2.24. The molecule has 4 rings (SSSR count). The van der Waals surface area contributed by atoms with Gasteiger partial charge in [-0.2, -0.15) is 0 Å². The van der Waals surface area contributed by atoms with Crippen molar-refractivity contribution in [1.29, 1.82) is 0 Å². The summed E-state index contributed by atoms with van der Waals surface area (Å²) in [7, 11) is 0. The van der Waals surface area contributed by atoms with Gasteiger partial charge >= 0.3 is 0 Å². The predicted molar refractivity (Wildman–Crippen MR) is 100 cm³/mol. The van der Waals surface area contributed by atoms with Crippen LogP contribution in [-0.4, -0.2) is 51.9 Å². The summed E-state index contributed by atoms with van der Waals surface area (Å²) in [5.41, 5.74) is 4.21. The molecule has 1 aliphatic carbocycles. The lowest BCUT2D eigenvalue weighted by atomic mass is 9.95. The van der Waals surface area contributed by atoms with Gasteiger partial charge in [-0.15, -0.1) is 0 Å². The Morgan fingerprint density at radius 1 is 1.00 bits per heavy atom. The molecule has 2 aromatic rings. The Morgan fingerprint density at radius 2 is 1.88 bits per heavy atom. The maximum atomic E-state index is 12.7. The Hall–Kier alpha value is -2.50. The quantitative estimate of drug-likeness (QED) is 0.831. The van der Waals surface area contributed by atoms with Gasteiger partial charge in [0, 0.05) is 43.8 Å². The van der Waals surface area contributed by atoms with Gasteiger partial charge in [0.2, 0.25) is 5.95 Å². The molecule has 0 saturated carbocycles. The van der Waals surface area contributed by atoms with Gasteiger partial charge in [-0.05, 0) is 56.7 Å². The molecule has 0 atom stereocenters. The van der Waals surface area contributed by atoms with Crippen molar-refractivity contribution in [3.63, 3.8) is 0 Å². The number of carbonyl (C=O) groups excluding carboxylic acids is 1. The van der Waals surface area contributed by atoms with Crippen LogP contribution < -0.4 is 4.90 Å². The summed E-state index contributed by atoms with van der Waals surface area (Å²) in [6, 6.07) is 5.46. The van der Waals surface area contributed by atoms with E-state index in [0.29, 0.717) is 12.2 Å². The Balaban J connectivity index is 1.49. The number of aromatic nitrogens is 3. The summed E-state index contributed by atoms with van der Waals surface area (Å²) in [5, 5.41) is 0. The zero-order valence-corrected chi connectivity index (χ0v) is 15.3. The first-order chi connectivity index (χ1) is 12.7. The van der Waals surface area contributed by atoms with E-state index in [2.05, 4.69) is 16.8 Å². The number of nitrogens with zero attached hydrogens (tertiary/aromatic N) is 5. The number of aryl methyl sites for hydroxylation is 2. The molecule has 0 aromatic carbocycles. The van der Waals surface area contributed by atoms with Crippen molar-refractivity contribution in [2.75, 3.05) is 31.1 Å². The van der Waals surface area contributed by atoms with Gasteiger partial charge in [0.25, 0.3) is 5.91 Å². The number of fused-ring (bicyclic) bond motifs is 1. The molecule has 3 heterocycles. The molecule has 2 aliphatic rings. The van der Waals surface area contributed by atoms with Gasteiger partial charge in [-0.3, -0.25) is 9.78 Å². The number of carbonyl (C=O) groups is 1. The average Bonchev–Trinajstić information content (AvgIpc) is 2.94. The minimum absolute atomic E-state index is 0.00925. The molecule has 0 unspecified atom stereocenters. The molecule has 6 nitrogen and oxygen atoms in total. The minimum Gasteiger partial charge on any atom is -0.339 e. The first-order valence-electron chi connectivity index (χ1n) is 9.54. The topological polar surface area (TPSA) is 62.2 Å². The van der Waals surface area contributed by atoms with Crippen molar-refractivity contribution < 1.29 is 4.79 Å². The molecule has 1 saturated heterocycles. The largest absolute Gasteiger partial charge is 0.339 e. The highest BCUT2D eigenvalue weighted by atomic mass is 16.2. The molecule has 2 aromatic heterocycles. The fourth-order valence-corrected chi connectivity index (χ4v) is 3.88. The van der Waals surface area contributed by atoms with Crippen LogP contribution in [0.1, 0.15) is 46.7 Å². The smallest absolute Gasteiger partial charge is 0.272 e. The summed E-state index contributed by atoms with van der Waals surface area (Å²) >= 11 is 0. The maximum Gasteiger partial charge on any atom is 0.272 e. The Labute approximate surface area is 154 Å². The van der Waals surface area contributed by atoms with E-state index in [1.807, 2.05) is 17.0 Å². The van der Waals surface area contributed by atoms with Crippen molar-refractivity contribution in [3.05, 3.63) is 47.0 Å². The van der Waals surface area contributed by atoms with E-state index in [0.717, 1.165) is 50.5 Å². The molecule has 26 heavy (non-hydrogen) atoms. The first-order valence-corrected chi connectivity index (χ1v) is 9.54. The highest BCUT2D eigenvalue weighted by Crippen LogP contribution is 2.24. The van der Waals surface area contributed by atoms with Crippen LogP contribution in [0, 0.1) is 6.92 Å². The summed E-state index contributed by atoms with van der Waals surface area (Å²) in [4.78, 5) is 30.6. The molecular weight excluding hydrogens is 326 g/mol. The van der Waals surface area contributed by atoms with Gasteiger partial charge in [-0.1, -0.05) is 6.07 Å². The molecule has 0 radical (unpaired) electrons. The lowest BCUT2D eigenvalue weighted by molar-refractivity contribution is 0.0761. The molecule has 136 valence electrons. The lowest BCUT2D eigenvalue weighted by Crippen LogP contribution is -2.36. The average molecular weight is 351 g/mol. The monoisotopic (exact) mass is 351 g/mol. The third-order valence-electron chi connectivity index (χ3n) is 5.33. The SMILES string of the molecule is Cc1nc(N2CCCN(C(=O)c3ccccn3)CC2)nc2c1CCCC2. The summed E-state index contributed by atoms with van der Waals surface area (Å²) < 4.78 is 0. The van der Waals surface area contributed by atoms with Crippen molar-refractivity contribution in [2.24, 2.45) is 0 Å². The summed E-state index contributed by atoms with van der Waals surface area (Å²) in [6.45, 7) is 5.16.